The Hall–Kier alpha value is -2.65. The van der Waals surface area contributed by atoms with Gasteiger partial charge in [0.25, 0.3) is 0 Å². The molecule has 3 aromatic heterocycles. The van der Waals surface area contributed by atoms with Gasteiger partial charge in [0.15, 0.2) is 0 Å². The van der Waals surface area contributed by atoms with Crippen molar-refractivity contribution < 1.29 is 9.47 Å². The predicted molar refractivity (Wildman–Crippen MR) is 114 cm³/mol. The highest BCUT2D eigenvalue weighted by Gasteiger charge is 2.32. The van der Waals surface area contributed by atoms with Gasteiger partial charge >= 0.3 is 0 Å². The molecule has 2 N–H and O–H groups in total. The third-order valence-electron chi connectivity index (χ3n) is 6.24. The standard InChI is InChI=1S/C21H29N7O2/c1-3-30-20-17-6-7-22-19(17)25-21(26-20)24-18-13-23-28(14(18)2)16-5-4-15(12-16)27-8-10-29-11-9-27/h6-7,13,15-16H,3-5,8-12H2,1-2H3,(H2,22,24,25,26)/t15-,16-/m0/s1. The molecule has 0 radical (unpaired) electrons. The summed E-state index contributed by atoms with van der Waals surface area (Å²) in [6, 6.07) is 2.99. The van der Waals surface area contributed by atoms with Crippen LogP contribution >= 0.6 is 0 Å². The molecule has 0 aromatic carbocycles. The highest BCUT2D eigenvalue weighted by molar-refractivity contribution is 5.82. The first kappa shape index (κ1) is 19.3. The van der Waals surface area contributed by atoms with Gasteiger partial charge in [-0.3, -0.25) is 9.58 Å². The number of nitrogens with one attached hydrogen (secondary N) is 2. The van der Waals surface area contributed by atoms with Crippen LogP contribution in [0.15, 0.2) is 18.5 Å². The van der Waals surface area contributed by atoms with Crippen molar-refractivity contribution in [2.24, 2.45) is 0 Å². The Morgan fingerprint density at radius 3 is 2.90 bits per heavy atom. The molecule has 3 aromatic rings. The van der Waals surface area contributed by atoms with Crippen LogP contribution in [0.3, 0.4) is 0 Å². The zero-order chi connectivity index (χ0) is 20.5. The second kappa shape index (κ2) is 8.23. The van der Waals surface area contributed by atoms with E-state index in [4.69, 9.17) is 14.6 Å². The van der Waals surface area contributed by atoms with E-state index in [9.17, 15) is 0 Å². The third-order valence-corrected chi connectivity index (χ3v) is 6.24. The number of H-pyrrole nitrogens is 1. The molecule has 2 atom stereocenters. The number of anilines is 2. The summed E-state index contributed by atoms with van der Waals surface area (Å²) in [5.41, 5.74) is 2.79. The van der Waals surface area contributed by atoms with E-state index in [0.29, 0.717) is 30.5 Å². The Morgan fingerprint density at radius 2 is 2.07 bits per heavy atom. The van der Waals surface area contributed by atoms with Crippen molar-refractivity contribution in [2.75, 3.05) is 38.2 Å². The normalized spacial score (nSPS) is 22.6. The van der Waals surface area contributed by atoms with Gasteiger partial charge < -0.3 is 19.8 Å². The Balaban J connectivity index is 1.32. The smallest absolute Gasteiger partial charge is 0.232 e. The molecule has 9 heteroatoms. The number of hydrogen-bond donors (Lipinski definition) is 2. The van der Waals surface area contributed by atoms with Gasteiger partial charge in [-0.25, -0.2) is 0 Å². The molecule has 9 nitrogen and oxygen atoms in total. The summed E-state index contributed by atoms with van der Waals surface area (Å²) < 4.78 is 13.4. The van der Waals surface area contributed by atoms with Crippen LogP contribution in [0.5, 0.6) is 5.88 Å². The number of aromatic nitrogens is 5. The minimum atomic E-state index is 0.430. The first-order chi connectivity index (χ1) is 14.7. The van der Waals surface area contributed by atoms with E-state index in [1.54, 1.807) is 0 Å². The molecule has 2 aliphatic rings. The second-order valence-corrected chi connectivity index (χ2v) is 8.01. The number of hydrogen-bond acceptors (Lipinski definition) is 7. The lowest BCUT2D eigenvalue weighted by Gasteiger charge is -2.32. The highest BCUT2D eigenvalue weighted by atomic mass is 16.5. The summed E-state index contributed by atoms with van der Waals surface area (Å²) in [6.07, 6.45) is 7.24. The monoisotopic (exact) mass is 411 g/mol. The van der Waals surface area contributed by atoms with Crippen molar-refractivity contribution in [1.82, 2.24) is 29.6 Å². The van der Waals surface area contributed by atoms with E-state index in [0.717, 1.165) is 61.6 Å². The molecule has 1 saturated heterocycles. The minimum absolute atomic E-state index is 0.430. The van der Waals surface area contributed by atoms with Gasteiger partial charge in [0.2, 0.25) is 11.8 Å². The number of aromatic amines is 1. The van der Waals surface area contributed by atoms with Gasteiger partial charge in [0.05, 0.1) is 48.8 Å². The lowest BCUT2D eigenvalue weighted by Crippen LogP contribution is -2.42. The van der Waals surface area contributed by atoms with Crippen LogP contribution in [0.4, 0.5) is 11.6 Å². The molecule has 30 heavy (non-hydrogen) atoms. The van der Waals surface area contributed by atoms with Crippen LogP contribution < -0.4 is 10.1 Å². The van der Waals surface area contributed by atoms with Crippen LogP contribution in [0.1, 0.15) is 37.9 Å². The lowest BCUT2D eigenvalue weighted by atomic mass is 10.2. The summed E-state index contributed by atoms with van der Waals surface area (Å²) in [4.78, 5) is 14.9. The zero-order valence-electron chi connectivity index (χ0n) is 17.6. The molecule has 0 bridgehead atoms. The Kier molecular flexibility index (Phi) is 5.30. The molecule has 4 heterocycles. The van der Waals surface area contributed by atoms with Crippen LogP contribution in [-0.2, 0) is 4.74 Å². The minimum Gasteiger partial charge on any atom is -0.477 e. The molecule has 0 spiro atoms. The van der Waals surface area contributed by atoms with Crippen LogP contribution in [-0.4, -0.2) is 68.6 Å². The summed E-state index contributed by atoms with van der Waals surface area (Å²) in [5.74, 6) is 1.09. The number of morpholine rings is 1. The van der Waals surface area contributed by atoms with E-state index in [2.05, 4.69) is 36.8 Å². The fraction of sp³-hybridized carbons (Fsp3) is 0.571. The number of ether oxygens (including phenoxy) is 2. The molecule has 1 aliphatic carbocycles. The van der Waals surface area contributed by atoms with Crippen molar-refractivity contribution in [3.05, 3.63) is 24.2 Å². The Labute approximate surface area is 175 Å². The van der Waals surface area contributed by atoms with Crippen molar-refractivity contribution in [1.29, 1.82) is 0 Å². The van der Waals surface area contributed by atoms with Gasteiger partial charge in [0.1, 0.15) is 5.65 Å². The quantitative estimate of drug-likeness (QED) is 0.644. The second-order valence-electron chi connectivity index (χ2n) is 8.01. The lowest BCUT2D eigenvalue weighted by molar-refractivity contribution is 0.0172. The number of rotatable bonds is 6. The van der Waals surface area contributed by atoms with Gasteiger partial charge in [-0.05, 0) is 39.2 Å². The summed E-state index contributed by atoms with van der Waals surface area (Å²) >= 11 is 0. The van der Waals surface area contributed by atoms with Crippen molar-refractivity contribution in [3.8, 4) is 5.88 Å². The third kappa shape index (κ3) is 3.63. The fourth-order valence-corrected chi connectivity index (χ4v) is 4.68. The zero-order valence-corrected chi connectivity index (χ0v) is 17.6. The molecule has 1 aliphatic heterocycles. The number of fused-ring (bicyclic) bond motifs is 1. The van der Waals surface area contributed by atoms with E-state index < -0.39 is 0 Å². The maximum Gasteiger partial charge on any atom is 0.232 e. The first-order valence-electron chi connectivity index (χ1n) is 10.8. The van der Waals surface area contributed by atoms with Gasteiger partial charge in [-0.1, -0.05) is 0 Å². The van der Waals surface area contributed by atoms with E-state index in [1.807, 2.05) is 25.4 Å². The van der Waals surface area contributed by atoms with Crippen LogP contribution in [0, 0.1) is 6.92 Å². The fourth-order valence-electron chi connectivity index (χ4n) is 4.68. The van der Waals surface area contributed by atoms with Crippen molar-refractivity contribution in [3.63, 3.8) is 0 Å². The van der Waals surface area contributed by atoms with Gasteiger partial charge in [-0.2, -0.15) is 15.1 Å². The predicted octanol–water partition coefficient (Wildman–Crippen LogP) is 3.03. The van der Waals surface area contributed by atoms with E-state index in [1.165, 1.54) is 6.42 Å². The van der Waals surface area contributed by atoms with Crippen molar-refractivity contribution >= 4 is 22.7 Å². The highest BCUT2D eigenvalue weighted by Crippen LogP contribution is 2.35. The van der Waals surface area contributed by atoms with E-state index >= 15 is 0 Å². The molecule has 0 amide bonds. The topological polar surface area (TPSA) is 93.1 Å². The average molecular weight is 412 g/mol. The van der Waals surface area contributed by atoms with E-state index in [-0.39, 0.29) is 0 Å². The molecular formula is C21H29N7O2. The van der Waals surface area contributed by atoms with Crippen LogP contribution in [0.25, 0.3) is 11.0 Å². The Bertz CT molecular complexity index is 1010. The summed E-state index contributed by atoms with van der Waals surface area (Å²) in [6.45, 7) is 8.41. The largest absolute Gasteiger partial charge is 0.477 e. The van der Waals surface area contributed by atoms with Crippen LogP contribution in [0.2, 0.25) is 0 Å². The molecule has 0 unspecified atom stereocenters. The van der Waals surface area contributed by atoms with Gasteiger partial charge in [0, 0.05) is 25.3 Å². The molecule has 5 rings (SSSR count). The van der Waals surface area contributed by atoms with Crippen molar-refractivity contribution in [2.45, 2.75) is 45.2 Å². The molecule has 2 fully saturated rings. The summed E-state index contributed by atoms with van der Waals surface area (Å²) in [7, 11) is 0. The Morgan fingerprint density at radius 1 is 1.23 bits per heavy atom. The maximum absolute atomic E-state index is 5.70. The summed E-state index contributed by atoms with van der Waals surface area (Å²) in [5, 5.41) is 8.92. The number of nitrogens with zero attached hydrogens (tertiary/aromatic N) is 5. The molecular weight excluding hydrogens is 382 g/mol. The SMILES string of the molecule is CCOc1nc(Nc2cnn([C@H]3CC[C@H](N4CCOCC4)C3)c2C)nc2[nH]ccc12. The first-order valence-corrected chi connectivity index (χ1v) is 10.8. The maximum atomic E-state index is 5.70. The van der Waals surface area contributed by atoms with Gasteiger partial charge in [-0.15, -0.1) is 0 Å². The average Bonchev–Trinajstić information content (AvgIpc) is 3.50. The molecule has 160 valence electrons. The molecule has 1 saturated carbocycles.